The van der Waals surface area contributed by atoms with Gasteiger partial charge in [0, 0.05) is 16.7 Å². The molecule has 1 heterocycles. The normalized spacial score (nSPS) is 13.2. The van der Waals surface area contributed by atoms with Crippen molar-refractivity contribution in [2.75, 3.05) is 0 Å². The molecule has 148 valence electrons. The summed E-state index contributed by atoms with van der Waals surface area (Å²) in [6, 6.07) is 11.4. The van der Waals surface area contributed by atoms with Crippen LogP contribution in [0.15, 0.2) is 49.1 Å². The van der Waals surface area contributed by atoms with E-state index in [1.54, 1.807) is 0 Å². The average molecular weight is 374 g/mol. The van der Waals surface area contributed by atoms with Gasteiger partial charge in [-0.3, -0.25) is 0 Å². The Hall–Kier alpha value is -2.28. The van der Waals surface area contributed by atoms with Gasteiger partial charge in [-0.05, 0) is 68.4 Å². The van der Waals surface area contributed by atoms with Crippen LogP contribution in [0.2, 0.25) is 0 Å². The first kappa shape index (κ1) is 20.5. The minimum atomic E-state index is 1.00. The first-order valence-corrected chi connectivity index (χ1v) is 10.8. The minimum Gasteiger partial charge on any atom is -0.314 e. The van der Waals surface area contributed by atoms with Crippen LogP contribution in [0.3, 0.4) is 0 Å². The van der Waals surface area contributed by atoms with Gasteiger partial charge in [-0.2, -0.15) is 0 Å². The van der Waals surface area contributed by atoms with E-state index in [9.17, 15) is 0 Å². The first-order valence-electron chi connectivity index (χ1n) is 10.8. The Morgan fingerprint density at radius 1 is 1.07 bits per heavy atom. The molecule has 1 nitrogen and oxygen atoms in total. The largest absolute Gasteiger partial charge is 0.314 e. The molecule has 0 bridgehead atoms. The topological polar surface area (TPSA) is 4.93 Å². The van der Waals surface area contributed by atoms with Gasteiger partial charge in [-0.25, -0.2) is 0 Å². The fourth-order valence-electron chi connectivity index (χ4n) is 4.32. The van der Waals surface area contributed by atoms with Crippen LogP contribution in [0, 0.1) is 6.92 Å². The van der Waals surface area contributed by atoms with Crippen LogP contribution >= 0.6 is 0 Å². The van der Waals surface area contributed by atoms with Crippen molar-refractivity contribution >= 4 is 17.3 Å². The molecule has 0 radical (unpaired) electrons. The van der Waals surface area contributed by atoms with Crippen molar-refractivity contribution in [1.82, 2.24) is 4.57 Å². The van der Waals surface area contributed by atoms with Gasteiger partial charge >= 0.3 is 0 Å². The number of aryl methyl sites for hydroxylation is 2. The van der Waals surface area contributed by atoms with Crippen molar-refractivity contribution in [2.45, 2.75) is 72.1 Å². The number of hydrogen-bond acceptors (Lipinski definition) is 0. The maximum Gasteiger partial charge on any atom is 0.0491 e. The van der Waals surface area contributed by atoms with E-state index >= 15 is 0 Å². The molecule has 3 rings (SSSR count). The lowest BCUT2D eigenvalue weighted by atomic mass is 9.97. The van der Waals surface area contributed by atoms with Crippen molar-refractivity contribution in [3.05, 3.63) is 76.5 Å². The highest BCUT2D eigenvalue weighted by Gasteiger charge is 2.13. The van der Waals surface area contributed by atoms with Gasteiger partial charge in [0.25, 0.3) is 0 Å². The lowest BCUT2D eigenvalue weighted by Gasteiger charge is -2.14. The van der Waals surface area contributed by atoms with Crippen LogP contribution in [0.25, 0.3) is 17.3 Å². The van der Waals surface area contributed by atoms with E-state index in [2.05, 4.69) is 74.9 Å². The third kappa shape index (κ3) is 4.58. The van der Waals surface area contributed by atoms with Gasteiger partial charge < -0.3 is 4.57 Å². The van der Waals surface area contributed by atoms with Crippen LogP contribution in [0.1, 0.15) is 75.6 Å². The summed E-state index contributed by atoms with van der Waals surface area (Å²) in [7, 11) is 0. The second-order valence-corrected chi connectivity index (χ2v) is 8.35. The first-order chi connectivity index (χ1) is 13.5. The number of benzene rings is 1. The molecule has 0 spiro atoms. The highest BCUT2D eigenvalue weighted by molar-refractivity contribution is 5.66. The van der Waals surface area contributed by atoms with Crippen LogP contribution in [-0.4, -0.2) is 4.57 Å². The van der Waals surface area contributed by atoms with Gasteiger partial charge in [-0.1, -0.05) is 80.8 Å². The molecule has 1 aliphatic rings. The van der Waals surface area contributed by atoms with E-state index in [4.69, 9.17) is 0 Å². The van der Waals surface area contributed by atoms with Crippen LogP contribution in [0.5, 0.6) is 0 Å². The summed E-state index contributed by atoms with van der Waals surface area (Å²) < 4.78 is 2.34. The Balaban J connectivity index is 1.86. The zero-order valence-corrected chi connectivity index (χ0v) is 18.0. The highest BCUT2D eigenvalue weighted by Crippen LogP contribution is 2.20. The summed E-state index contributed by atoms with van der Waals surface area (Å²) in [4.78, 5) is 0. The highest BCUT2D eigenvalue weighted by atomic mass is 15.0. The fraction of sp³-hybridized carbons (Fsp3) is 0.407. The van der Waals surface area contributed by atoms with E-state index < -0.39 is 0 Å². The third-order valence-electron chi connectivity index (χ3n) is 5.78. The Morgan fingerprint density at radius 2 is 1.82 bits per heavy atom. The summed E-state index contributed by atoms with van der Waals surface area (Å²) in [5, 5.41) is 2.70. The number of nitrogens with zero attached hydrogens (tertiary/aromatic N) is 1. The quantitative estimate of drug-likeness (QED) is 0.368. The molecule has 1 aromatic carbocycles. The molecule has 2 aromatic rings. The molecule has 0 atom stereocenters. The molecule has 0 amide bonds. The fourth-order valence-corrected chi connectivity index (χ4v) is 4.32. The molecule has 0 saturated carbocycles. The van der Waals surface area contributed by atoms with Gasteiger partial charge in [-0.15, -0.1) is 0 Å². The monoisotopic (exact) mass is 373 g/mol. The van der Waals surface area contributed by atoms with Crippen LogP contribution in [-0.2, 0) is 6.42 Å². The molecule has 1 aromatic heterocycles. The number of unbranched alkanes of at least 4 members (excludes halogenated alkanes) is 3. The van der Waals surface area contributed by atoms with E-state index in [0.717, 1.165) is 25.0 Å². The molecule has 0 N–H and O–H groups in total. The number of allylic oxidation sites excluding steroid dienone is 1. The third-order valence-corrected chi connectivity index (χ3v) is 5.78. The number of rotatable bonds is 9. The van der Waals surface area contributed by atoms with Crippen molar-refractivity contribution in [2.24, 2.45) is 0 Å². The molecular formula is C27H35N. The second-order valence-electron chi connectivity index (χ2n) is 8.35. The maximum absolute atomic E-state index is 4.45. The molecule has 0 unspecified atom stereocenters. The summed E-state index contributed by atoms with van der Waals surface area (Å²) in [6.45, 7) is 15.2. The molecule has 0 fully saturated rings. The van der Waals surface area contributed by atoms with Crippen molar-refractivity contribution in [1.29, 1.82) is 0 Å². The predicted molar refractivity (Wildman–Crippen MR) is 124 cm³/mol. The molecule has 0 aliphatic heterocycles. The number of aromatic nitrogens is 1. The van der Waals surface area contributed by atoms with E-state index in [0.29, 0.717) is 0 Å². The number of fused-ring (bicyclic) bond motifs is 1. The summed E-state index contributed by atoms with van der Waals surface area (Å²) in [5.74, 6) is 0. The van der Waals surface area contributed by atoms with Crippen LogP contribution < -0.4 is 10.6 Å². The summed E-state index contributed by atoms with van der Waals surface area (Å²) >= 11 is 0. The van der Waals surface area contributed by atoms with E-state index in [1.165, 1.54) is 70.6 Å². The van der Waals surface area contributed by atoms with Crippen molar-refractivity contribution in [3.8, 4) is 0 Å². The summed E-state index contributed by atoms with van der Waals surface area (Å²) in [6.07, 6.45) is 12.0. The van der Waals surface area contributed by atoms with Gasteiger partial charge in [0.1, 0.15) is 0 Å². The Morgan fingerprint density at radius 3 is 2.50 bits per heavy atom. The Labute approximate surface area is 170 Å². The maximum atomic E-state index is 4.45. The van der Waals surface area contributed by atoms with E-state index in [1.807, 2.05) is 0 Å². The zero-order valence-electron chi connectivity index (χ0n) is 18.0. The average Bonchev–Trinajstić information content (AvgIpc) is 3.02. The minimum absolute atomic E-state index is 1.00. The molecular weight excluding hydrogens is 338 g/mol. The van der Waals surface area contributed by atoms with Gasteiger partial charge in [0.2, 0.25) is 0 Å². The van der Waals surface area contributed by atoms with Crippen molar-refractivity contribution < 1.29 is 0 Å². The zero-order chi connectivity index (χ0) is 20.1. The van der Waals surface area contributed by atoms with E-state index in [-0.39, 0.29) is 0 Å². The second kappa shape index (κ2) is 9.28. The lowest BCUT2D eigenvalue weighted by Crippen LogP contribution is -2.33. The molecule has 28 heavy (non-hydrogen) atoms. The van der Waals surface area contributed by atoms with Gasteiger partial charge in [0.05, 0.1) is 0 Å². The Kier molecular flexibility index (Phi) is 6.78. The number of hydrogen-bond donors (Lipinski definition) is 0. The molecule has 1 heteroatoms. The summed E-state index contributed by atoms with van der Waals surface area (Å²) in [5.41, 5.74) is 7.73. The Bertz CT molecular complexity index is 967. The standard InChI is InChI=1S/C27H35N/c1-6-7-8-9-11-23-14-16-24(17-15-23)22(5)28-21(4)19-26-25(18-20(2)3)12-10-13-27(26)28/h13-17,19H,2,5-12,18H2,1,3-4H3. The van der Waals surface area contributed by atoms with Gasteiger partial charge in [0.15, 0.2) is 0 Å². The molecule has 1 aliphatic carbocycles. The van der Waals surface area contributed by atoms with Crippen LogP contribution in [0.4, 0.5) is 0 Å². The van der Waals surface area contributed by atoms with Crippen molar-refractivity contribution in [3.63, 3.8) is 0 Å². The predicted octanol–water partition coefficient (Wildman–Crippen LogP) is 6.13. The SMILES string of the molecule is C=C(C)CC1=c2cc(C)n(C(=C)c3ccc(CCCCCC)cc3)c2=CCC1. The smallest absolute Gasteiger partial charge is 0.0491 e. The lowest BCUT2D eigenvalue weighted by molar-refractivity contribution is 0.667. The molecule has 0 saturated heterocycles.